The first-order valence-electron chi connectivity index (χ1n) is 9.66. The lowest BCUT2D eigenvalue weighted by Gasteiger charge is -2.26. The van der Waals surface area contributed by atoms with Gasteiger partial charge in [-0.15, -0.1) is 0 Å². The van der Waals surface area contributed by atoms with Gasteiger partial charge in [0.15, 0.2) is 0 Å². The second-order valence-corrected chi connectivity index (χ2v) is 7.42. The normalized spacial score (nSPS) is 15.7. The Balaban J connectivity index is 1.82. The molecule has 1 aliphatic heterocycles. The molecule has 1 fully saturated rings. The lowest BCUT2D eigenvalue weighted by molar-refractivity contribution is -0.116. The highest BCUT2D eigenvalue weighted by Gasteiger charge is 2.17. The van der Waals surface area contributed by atoms with E-state index in [0.717, 1.165) is 68.4 Å². The van der Waals surface area contributed by atoms with E-state index in [2.05, 4.69) is 27.8 Å². The molecule has 2 aromatic rings. The van der Waals surface area contributed by atoms with Gasteiger partial charge in [0.05, 0.1) is 30.8 Å². The van der Waals surface area contributed by atoms with Gasteiger partial charge < -0.3 is 14.6 Å². The first-order chi connectivity index (χ1) is 12.6. The smallest absolute Gasteiger partial charge is 0.224 e. The highest BCUT2D eigenvalue weighted by molar-refractivity contribution is 5.93. The Morgan fingerprint density at radius 2 is 2.08 bits per heavy atom. The highest BCUT2D eigenvalue weighted by Crippen LogP contribution is 2.22. The van der Waals surface area contributed by atoms with E-state index in [4.69, 9.17) is 9.72 Å². The topological polar surface area (TPSA) is 59.4 Å². The van der Waals surface area contributed by atoms with Crippen LogP contribution in [-0.2, 0) is 22.6 Å². The molecular formula is C20H30N4O2. The molecule has 3 rings (SSSR count). The molecule has 1 aromatic carbocycles. The molecule has 0 saturated carbocycles. The number of ether oxygens (including phenoxy) is 1. The minimum atomic E-state index is 0.0564. The maximum absolute atomic E-state index is 12.0. The number of imidazole rings is 1. The summed E-state index contributed by atoms with van der Waals surface area (Å²) < 4.78 is 7.76. The number of benzene rings is 1. The Hall–Kier alpha value is -1.92. The Bertz CT molecular complexity index is 748. The van der Waals surface area contributed by atoms with Gasteiger partial charge in [-0.25, -0.2) is 4.98 Å². The zero-order valence-electron chi connectivity index (χ0n) is 16.1. The van der Waals surface area contributed by atoms with Crippen LogP contribution in [0.25, 0.3) is 11.0 Å². The van der Waals surface area contributed by atoms with Gasteiger partial charge >= 0.3 is 0 Å². The summed E-state index contributed by atoms with van der Waals surface area (Å²) in [6.07, 6.45) is 1.60. The van der Waals surface area contributed by atoms with E-state index in [1.54, 1.807) is 0 Å². The Morgan fingerprint density at radius 3 is 2.77 bits per heavy atom. The fourth-order valence-corrected chi connectivity index (χ4v) is 3.39. The van der Waals surface area contributed by atoms with Gasteiger partial charge in [-0.05, 0) is 30.5 Å². The van der Waals surface area contributed by atoms with Crippen molar-refractivity contribution in [2.24, 2.45) is 5.92 Å². The van der Waals surface area contributed by atoms with Crippen LogP contribution >= 0.6 is 0 Å². The molecule has 0 unspecified atom stereocenters. The highest BCUT2D eigenvalue weighted by atomic mass is 16.5. The van der Waals surface area contributed by atoms with Crippen LogP contribution in [0, 0.1) is 5.92 Å². The van der Waals surface area contributed by atoms with Crippen LogP contribution in [0.4, 0.5) is 5.69 Å². The fraction of sp³-hybridized carbons (Fsp3) is 0.600. The molecule has 1 N–H and O–H groups in total. The molecule has 0 aliphatic carbocycles. The van der Waals surface area contributed by atoms with E-state index < -0.39 is 0 Å². The van der Waals surface area contributed by atoms with Crippen molar-refractivity contribution < 1.29 is 9.53 Å². The number of anilines is 1. The number of carbonyl (C=O) groups excluding carboxylic acids is 1. The van der Waals surface area contributed by atoms with Crippen LogP contribution in [0.3, 0.4) is 0 Å². The quantitative estimate of drug-likeness (QED) is 0.825. The number of carbonyl (C=O) groups is 1. The van der Waals surface area contributed by atoms with E-state index >= 15 is 0 Å². The van der Waals surface area contributed by atoms with Gasteiger partial charge in [0.2, 0.25) is 5.91 Å². The molecule has 2 heterocycles. The molecule has 1 saturated heterocycles. The summed E-state index contributed by atoms with van der Waals surface area (Å²) in [6, 6.07) is 6.04. The van der Waals surface area contributed by atoms with Gasteiger partial charge in [0.1, 0.15) is 5.82 Å². The molecule has 6 heteroatoms. The molecule has 0 bridgehead atoms. The molecule has 0 atom stereocenters. The van der Waals surface area contributed by atoms with Gasteiger partial charge in [-0.2, -0.15) is 0 Å². The molecule has 1 aliphatic rings. The van der Waals surface area contributed by atoms with Crippen molar-refractivity contribution in [1.29, 1.82) is 0 Å². The third-order valence-corrected chi connectivity index (χ3v) is 4.62. The predicted octanol–water partition coefficient (Wildman–Crippen LogP) is 3.26. The van der Waals surface area contributed by atoms with Gasteiger partial charge in [0.25, 0.3) is 0 Å². The van der Waals surface area contributed by atoms with Crippen molar-refractivity contribution in [2.45, 2.75) is 46.7 Å². The van der Waals surface area contributed by atoms with Crippen LogP contribution in [0.15, 0.2) is 18.2 Å². The van der Waals surface area contributed by atoms with Gasteiger partial charge in [-0.1, -0.05) is 20.8 Å². The van der Waals surface area contributed by atoms with Crippen LogP contribution in [-0.4, -0.2) is 46.7 Å². The monoisotopic (exact) mass is 358 g/mol. The summed E-state index contributed by atoms with van der Waals surface area (Å²) in [5, 5.41) is 2.99. The van der Waals surface area contributed by atoms with E-state index in [1.807, 2.05) is 26.0 Å². The Labute approximate surface area is 155 Å². The average molecular weight is 358 g/mol. The summed E-state index contributed by atoms with van der Waals surface area (Å²) in [4.78, 5) is 19.3. The average Bonchev–Trinajstić information content (AvgIpc) is 2.92. The number of hydrogen-bond acceptors (Lipinski definition) is 4. The zero-order chi connectivity index (χ0) is 18.5. The van der Waals surface area contributed by atoms with Crippen molar-refractivity contribution in [2.75, 3.05) is 31.6 Å². The molecule has 1 aromatic heterocycles. The fourth-order valence-electron chi connectivity index (χ4n) is 3.39. The molecule has 6 nitrogen and oxygen atoms in total. The third kappa shape index (κ3) is 4.62. The van der Waals surface area contributed by atoms with E-state index in [9.17, 15) is 4.79 Å². The number of amides is 1. The number of nitrogens with one attached hydrogen (secondary N) is 1. The summed E-state index contributed by atoms with van der Waals surface area (Å²) in [7, 11) is 0. The lowest BCUT2D eigenvalue weighted by atomic mass is 10.1. The predicted molar refractivity (Wildman–Crippen MR) is 104 cm³/mol. The SMILES string of the molecule is CCCn1c(CN2CCOCC2)nc2cc(NC(=O)CC(C)C)ccc21. The number of nitrogens with zero attached hydrogens (tertiary/aromatic N) is 3. The molecule has 142 valence electrons. The number of morpholine rings is 1. The maximum Gasteiger partial charge on any atom is 0.224 e. The zero-order valence-corrected chi connectivity index (χ0v) is 16.1. The van der Waals surface area contributed by atoms with Gasteiger partial charge in [0, 0.05) is 31.7 Å². The van der Waals surface area contributed by atoms with E-state index in [-0.39, 0.29) is 5.91 Å². The molecule has 0 radical (unpaired) electrons. The summed E-state index contributed by atoms with van der Waals surface area (Å²) in [5.74, 6) is 1.50. The number of rotatable bonds is 7. The second-order valence-electron chi connectivity index (χ2n) is 7.42. The van der Waals surface area contributed by atoms with Gasteiger partial charge in [-0.3, -0.25) is 9.69 Å². The van der Waals surface area contributed by atoms with Crippen molar-refractivity contribution in [3.8, 4) is 0 Å². The summed E-state index contributed by atoms with van der Waals surface area (Å²) >= 11 is 0. The van der Waals surface area contributed by atoms with Crippen molar-refractivity contribution in [3.05, 3.63) is 24.0 Å². The summed E-state index contributed by atoms with van der Waals surface area (Å²) in [5.41, 5.74) is 2.91. The standard InChI is InChI=1S/C20H30N4O2/c1-4-7-24-18-6-5-16(21-20(25)12-15(2)3)13-17(18)22-19(24)14-23-8-10-26-11-9-23/h5-6,13,15H,4,7-12,14H2,1-3H3,(H,21,25). The first kappa shape index (κ1) is 18.9. The Morgan fingerprint density at radius 1 is 1.31 bits per heavy atom. The largest absolute Gasteiger partial charge is 0.379 e. The molecule has 1 amide bonds. The van der Waals surface area contributed by atoms with Crippen LogP contribution in [0.2, 0.25) is 0 Å². The van der Waals surface area contributed by atoms with Crippen molar-refractivity contribution >= 4 is 22.6 Å². The van der Waals surface area contributed by atoms with Crippen LogP contribution in [0.5, 0.6) is 0 Å². The minimum Gasteiger partial charge on any atom is -0.379 e. The summed E-state index contributed by atoms with van der Waals surface area (Å²) in [6.45, 7) is 11.6. The molecule has 0 spiro atoms. The van der Waals surface area contributed by atoms with Crippen LogP contribution in [0.1, 0.15) is 39.4 Å². The van der Waals surface area contributed by atoms with Crippen LogP contribution < -0.4 is 5.32 Å². The van der Waals surface area contributed by atoms with E-state index in [1.165, 1.54) is 0 Å². The number of aryl methyl sites for hydroxylation is 1. The third-order valence-electron chi connectivity index (χ3n) is 4.62. The molecule has 26 heavy (non-hydrogen) atoms. The first-order valence-corrected chi connectivity index (χ1v) is 9.66. The maximum atomic E-state index is 12.0. The molecular weight excluding hydrogens is 328 g/mol. The van der Waals surface area contributed by atoms with Crippen molar-refractivity contribution in [3.63, 3.8) is 0 Å². The van der Waals surface area contributed by atoms with E-state index in [0.29, 0.717) is 12.3 Å². The number of hydrogen-bond donors (Lipinski definition) is 1. The minimum absolute atomic E-state index is 0.0564. The van der Waals surface area contributed by atoms with Crippen molar-refractivity contribution in [1.82, 2.24) is 14.5 Å². The Kier molecular flexibility index (Phi) is 6.27. The number of aromatic nitrogens is 2. The number of fused-ring (bicyclic) bond motifs is 1. The lowest BCUT2D eigenvalue weighted by Crippen LogP contribution is -2.36. The second kappa shape index (κ2) is 8.64.